The summed E-state index contributed by atoms with van der Waals surface area (Å²) < 4.78 is 31.5. The van der Waals surface area contributed by atoms with E-state index in [4.69, 9.17) is 10.00 Å². The van der Waals surface area contributed by atoms with Crippen molar-refractivity contribution >= 4 is 15.7 Å². The summed E-state index contributed by atoms with van der Waals surface area (Å²) in [6.45, 7) is 0. The minimum absolute atomic E-state index is 0.0951. The zero-order chi connectivity index (χ0) is 13.9. The lowest BCUT2D eigenvalue weighted by atomic mass is 10.2. The van der Waals surface area contributed by atoms with E-state index in [1.54, 1.807) is 12.1 Å². The third-order valence-electron chi connectivity index (χ3n) is 2.37. The molecule has 0 aliphatic carbocycles. The fourth-order valence-electron chi connectivity index (χ4n) is 1.48. The molecule has 0 spiro atoms. The van der Waals surface area contributed by atoms with Gasteiger partial charge in [-0.1, -0.05) is 6.07 Å². The number of sulfonamides is 1. The Hall–Kier alpha value is -2.53. The number of nitrogens with zero attached hydrogens (tertiary/aromatic N) is 2. The van der Waals surface area contributed by atoms with Crippen molar-refractivity contribution in [3.05, 3.63) is 36.3 Å². The van der Waals surface area contributed by atoms with Crippen molar-refractivity contribution in [2.75, 3.05) is 11.8 Å². The van der Waals surface area contributed by atoms with Crippen LogP contribution < -0.4 is 9.46 Å². The number of aromatic amines is 1. The number of aromatic nitrogens is 2. The van der Waals surface area contributed by atoms with Gasteiger partial charge in [0.05, 0.1) is 25.2 Å². The van der Waals surface area contributed by atoms with E-state index < -0.39 is 10.0 Å². The van der Waals surface area contributed by atoms with E-state index in [-0.39, 0.29) is 22.0 Å². The number of ether oxygens (including phenoxy) is 1. The Bertz CT molecular complexity index is 717. The second-order valence-corrected chi connectivity index (χ2v) is 5.17. The number of methoxy groups -OCH3 is 1. The maximum Gasteiger partial charge on any atom is 0.279 e. The van der Waals surface area contributed by atoms with Crippen molar-refractivity contribution in [2.24, 2.45) is 0 Å². The molecule has 8 heteroatoms. The monoisotopic (exact) mass is 278 g/mol. The summed E-state index contributed by atoms with van der Waals surface area (Å²) in [6.07, 6.45) is 2.42. The molecule has 0 amide bonds. The van der Waals surface area contributed by atoms with E-state index in [9.17, 15) is 8.42 Å². The maximum atomic E-state index is 12.1. The minimum Gasteiger partial charge on any atom is -0.495 e. The molecular formula is C11H10N4O3S. The number of imidazole rings is 1. The number of rotatable bonds is 4. The number of hydrogen-bond acceptors (Lipinski definition) is 5. The average molecular weight is 278 g/mol. The van der Waals surface area contributed by atoms with E-state index in [1.807, 2.05) is 6.07 Å². The molecule has 98 valence electrons. The first kappa shape index (κ1) is 12.9. The summed E-state index contributed by atoms with van der Waals surface area (Å²) in [4.78, 5) is 6.13. The number of hydrogen-bond donors (Lipinski definition) is 2. The molecule has 1 aromatic heterocycles. The largest absolute Gasteiger partial charge is 0.495 e. The lowest BCUT2D eigenvalue weighted by Crippen LogP contribution is -2.15. The first-order valence-corrected chi connectivity index (χ1v) is 6.65. The highest BCUT2D eigenvalue weighted by Crippen LogP contribution is 2.29. The van der Waals surface area contributed by atoms with E-state index in [1.165, 1.54) is 25.7 Å². The number of benzene rings is 1. The number of nitrogens with one attached hydrogen (secondary N) is 2. The number of anilines is 1. The minimum atomic E-state index is -3.83. The van der Waals surface area contributed by atoms with Crippen LogP contribution in [0.3, 0.4) is 0 Å². The fourth-order valence-corrected chi connectivity index (χ4v) is 2.48. The SMILES string of the molecule is COc1cccc(C#N)c1NS(=O)(=O)c1cnc[nH]1. The van der Waals surface area contributed by atoms with Gasteiger partial charge < -0.3 is 9.72 Å². The zero-order valence-electron chi connectivity index (χ0n) is 9.91. The van der Waals surface area contributed by atoms with E-state index in [0.717, 1.165) is 0 Å². The van der Waals surface area contributed by atoms with Gasteiger partial charge in [-0.25, -0.2) is 4.98 Å². The van der Waals surface area contributed by atoms with Gasteiger partial charge in [0.25, 0.3) is 10.0 Å². The van der Waals surface area contributed by atoms with Crippen molar-refractivity contribution < 1.29 is 13.2 Å². The van der Waals surface area contributed by atoms with Crippen molar-refractivity contribution in [3.63, 3.8) is 0 Å². The topological polar surface area (TPSA) is 108 Å². The van der Waals surface area contributed by atoms with Gasteiger partial charge in [-0.3, -0.25) is 4.72 Å². The van der Waals surface area contributed by atoms with Crippen molar-refractivity contribution in [1.82, 2.24) is 9.97 Å². The molecular weight excluding hydrogens is 268 g/mol. The smallest absolute Gasteiger partial charge is 0.279 e. The molecule has 2 rings (SSSR count). The lowest BCUT2D eigenvalue weighted by molar-refractivity contribution is 0.416. The number of H-pyrrole nitrogens is 1. The summed E-state index contributed by atoms with van der Waals surface area (Å²) in [6, 6.07) is 6.56. The van der Waals surface area contributed by atoms with Crippen LogP contribution in [0.5, 0.6) is 5.75 Å². The predicted molar refractivity (Wildman–Crippen MR) is 67.1 cm³/mol. The zero-order valence-corrected chi connectivity index (χ0v) is 10.7. The molecule has 2 aromatic rings. The average Bonchev–Trinajstić information content (AvgIpc) is 2.93. The van der Waals surface area contributed by atoms with Gasteiger partial charge in [0.2, 0.25) is 0 Å². The standard InChI is InChI=1S/C11H10N4O3S/c1-18-9-4-2-3-8(5-12)11(9)15-19(16,17)10-6-13-7-14-10/h2-4,6-7,15H,1H3,(H,13,14). The molecule has 0 aliphatic heterocycles. The molecule has 0 saturated carbocycles. The van der Waals surface area contributed by atoms with E-state index in [2.05, 4.69) is 14.7 Å². The van der Waals surface area contributed by atoms with Gasteiger partial charge in [0.15, 0.2) is 5.03 Å². The van der Waals surface area contributed by atoms with Gasteiger partial charge >= 0.3 is 0 Å². The summed E-state index contributed by atoms with van der Waals surface area (Å²) in [5.41, 5.74) is 0.268. The van der Waals surface area contributed by atoms with E-state index in [0.29, 0.717) is 0 Å². The van der Waals surface area contributed by atoms with Crippen molar-refractivity contribution in [1.29, 1.82) is 5.26 Å². The van der Waals surface area contributed by atoms with Crippen LogP contribution in [0.2, 0.25) is 0 Å². The van der Waals surface area contributed by atoms with Crippen LogP contribution in [0, 0.1) is 11.3 Å². The van der Waals surface area contributed by atoms with Gasteiger partial charge in [0, 0.05) is 0 Å². The molecule has 0 radical (unpaired) electrons. The molecule has 0 aliphatic rings. The molecule has 19 heavy (non-hydrogen) atoms. The predicted octanol–water partition coefficient (Wildman–Crippen LogP) is 1.09. The first-order chi connectivity index (χ1) is 9.08. The van der Waals surface area contributed by atoms with Gasteiger partial charge in [-0.15, -0.1) is 0 Å². The van der Waals surface area contributed by atoms with Crippen LogP contribution in [-0.2, 0) is 10.0 Å². The van der Waals surface area contributed by atoms with Crippen molar-refractivity contribution in [2.45, 2.75) is 5.03 Å². The van der Waals surface area contributed by atoms with Crippen LogP contribution in [0.1, 0.15) is 5.56 Å². The summed E-state index contributed by atoms with van der Waals surface area (Å²) >= 11 is 0. The Kier molecular flexibility index (Phi) is 3.39. The highest BCUT2D eigenvalue weighted by molar-refractivity contribution is 7.92. The fraction of sp³-hybridized carbons (Fsp3) is 0.0909. The molecule has 0 atom stereocenters. The maximum absolute atomic E-state index is 12.1. The molecule has 1 heterocycles. The van der Waals surface area contributed by atoms with E-state index >= 15 is 0 Å². The molecule has 0 fully saturated rings. The summed E-state index contributed by atoms with van der Waals surface area (Å²) in [5, 5.41) is 8.91. The van der Waals surface area contributed by atoms with Crippen LogP contribution >= 0.6 is 0 Å². The Balaban J connectivity index is 2.47. The Morgan fingerprint density at radius 1 is 1.47 bits per heavy atom. The molecule has 1 aromatic carbocycles. The normalized spacial score (nSPS) is 10.7. The van der Waals surface area contributed by atoms with Crippen LogP contribution in [0.25, 0.3) is 0 Å². The first-order valence-electron chi connectivity index (χ1n) is 5.17. The number of para-hydroxylation sites is 1. The second-order valence-electron chi connectivity index (χ2n) is 3.52. The Morgan fingerprint density at radius 3 is 2.84 bits per heavy atom. The van der Waals surface area contributed by atoms with Gasteiger partial charge in [0.1, 0.15) is 17.5 Å². The highest BCUT2D eigenvalue weighted by atomic mass is 32.2. The molecule has 0 unspecified atom stereocenters. The molecule has 0 saturated heterocycles. The third-order valence-corrected chi connectivity index (χ3v) is 3.64. The molecule has 7 nitrogen and oxygen atoms in total. The van der Waals surface area contributed by atoms with Gasteiger partial charge in [-0.2, -0.15) is 13.7 Å². The summed E-state index contributed by atoms with van der Waals surface area (Å²) in [7, 11) is -2.44. The van der Waals surface area contributed by atoms with Crippen molar-refractivity contribution in [3.8, 4) is 11.8 Å². The van der Waals surface area contributed by atoms with Crippen LogP contribution in [0.4, 0.5) is 5.69 Å². The highest BCUT2D eigenvalue weighted by Gasteiger charge is 2.20. The Labute approximate surface area is 109 Å². The molecule has 2 N–H and O–H groups in total. The second kappa shape index (κ2) is 4.99. The lowest BCUT2D eigenvalue weighted by Gasteiger charge is -2.11. The van der Waals surface area contributed by atoms with Gasteiger partial charge in [-0.05, 0) is 12.1 Å². The molecule has 0 bridgehead atoms. The summed E-state index contributed by atoms with van der Waals surface area (Å²) in [5.74, 6) is 0.266. The van der Waals surface area contributed by atoms with Crippen LogP contribution in [0.15, 0.2) is 35.7 Å². The quantitative estimate of drug-likeness (QED) is 0.870. The van der Waals surface area contributed by atoms with Crippen LogP contribution in [-0.4, -0.2) is 25.5 Å². The number of nitriles is 1. The Morgan fingerprint density at radius 2 is 2.26 bits per heavy atom. The third kappa shape index (κ3) is 2.51.